The maximum Gasteiger partial charge on any atom is 0.262 e. The molecular weight excluding hydrogens is 352 g/mol. The van der Waals surface area contributed by atoms with Crippen molar-refractivity contribution in [2.24, 2.45) is 0 Å². The largest absolute Gasteiger partial charge is 0.483 e. The molecule has 0 atom stereocenters. The summed E-state index contributed by atoms with van der Waals surface area (Å²) in [5, 5.41) is 5.60. The number of hydrogen-bond donors (Lipinski definition) is 2. The Morgan fingerprint density at radius 1 is 0.821 bits per heavy atom. The molecule has 28 heavy (non-hydrogen) atoms. The van der Waals surface area contributed by atoms with E-state index in [1.807, 2.05) is 38.1 Å². The summed E-state index contributed by atoms with van der Waals surface area (Å²) >= 11 is 0. The first kappa shape index (κ1) is 19.2. The van der Waals surface area contributed by atoms with E-state index < -0.39 is 0 Å². The lowest BCUT2D eigenvalue weighted by Gasteiger charge is -2.11. The first-order valence-electron chi connectivity index (χ1n) is 8.97. The van der Waals surface area contributed by atoms with Gasteiger partial charge in [0.15, 0.2) is 6.61 Å². The number of rotatable bonds is 6. The number of benzene rings is 3. The number of amides is 2. The highest BCUT2D eigenvalue weighted by molar-refractivity contribution is 6.04. The van der Waals surface area contributed by atoms with E-state index in [0.717, 1.165) is 11.1 Å². The molecule has 0 aromatic heterocycles. The van der Waals surface area contributed by atoms with E-state index in [-0.39, 0.29) is 18.4 Å². The highest BCUT2D eigenvalue weighted by Crippen LogP contribution is 2.19. The molecule has 0 aliphatic heterocycles. The van der Waals surface area contributed by atoms with E-state index in [1.165, 1.54) is 0 Å². The van der Waals surface area contributed by atoms with Crippen LogP contribution in [0, 0.1) is 13.8 Å². The topological polar surface area (TPSA) is 67.4 Å². The van der Waals surface area contributed by atoms with Gasteiger partial charge in [-0.05, 0) is 55.8 Å². The molecule has 0 saturated heterocycles. The molecule has 0 radical (unpaired) electrons. The lowest BCUT2D eigenvalue weighted by molar-refractivity contribution is -0.118. The Labute approximate surface area is 164 Å². The molecular formula is C23H22N2O3. The van der Waals surface area contributed by atoms with Crippen LogP contribution in [-0.2, 0) is 4.79 Å². The van der Waals surface area contributed by atoms with Crippen LogP contribution in [0.5, 0.6) is 5.75 Å². The number of anilines is 2. The van der Waals surface area contributed by atoms with Crippen molar-refractivity contribution >= 4 is 23.2 Å². The van der Waals surface area contributed by atoms with Crippen LogP contribution in [0.15, 0.2) is 72.8 Å². The van der Waals surface area contributed by atoms with Gasteiger partial charge in [-0.25, -0.2) is 0 Å². The summed E-state index contributed by atoms with van der Waals surface area (Å²) in [5.74, 6) is 0.207. The highest BCUT2D eigenvalue weighted by Gasteiger charge is 2.08. The molecule has 0 unspecified atom stereocenters. The molecule has 0 bridgehead atoms. The standard InChI is InChI=1S/C23H22N2O3/c1-16-11-12-21(17(2)13-16)28-15-22(26)24-19-9-6-10-20(14-19)25-23(27)18-7-4-3-5-8-18/h3-14H,15H2,1-2H3,(H,24,26)(H,25,27). The minimum absolute atomic E-state index is 0.0928. The molecule has 0 saturated carbocycles. The first-order valence-corrected chi connectivity index (χ1v) is 8.97. The Morgan fingerprint density at radius 3 is 2.25 bits per heavy atom. The van der Waals surface area contributed by atoms with Crippen LogP contribution in [-0.4, -0.2) is 18.4 Å². The third-order valence-corrected chi connectivity index (χ3v) is 4.13. The fraction of sp³-hybridized carbons (Fsp3) is 0.130. The second kappa shape index (κ2) is 8.86. The molecule has 0 heterocycles. The molecule has 3 aromatic carbocycles. The number of ether oxygens (including phenoxy) is 1. The van der Waals surface area contributed by atoms with E-state index in [4.69, 9.17) is 4.74 Å². The lowest BCUT2D eigenvalue weighted by atomic mass is 10.1. The van der Waals surface area contributed by atoms with Gasteiger partial charge in [0.1, 0.15) is 5.75 Å². The van der Waals surface area contributed by atoms with Crippen LogP contribution in [0.1, 0.15) is 21.5 Å². The fourth-order valence-electron chi connectivity index (χ4n) is 2.77. The van der Waals surface area contributed by atoms with Crippen molar-refractivity contribution in [2.75, 3.05) is 17.2 Å². The van der Waals surface area contributed by atoms with Crippen LogP contribution in [0.3, 0.4) is 0 Å². The van der Waals surface area contributed by atoms with Crippen molar-refractivity contribution in [3.05, 3.63) is 89.5 Å². The molecule has 3 aromatic rings. The number of aryl methyl sites for hydroxylation is 2. The van der Waals surface area contributed by atoms with E-state index in [1.54, 1.807) is 48.5 Å². The Kier molecular flexibility index (Phi) is 6.07. The molecule has 0 fully saturated rings. The summed E-state index contributed by atoms with van der Waals surface area (Å²) in [6.07, 6.45) is 0. The van der Waals surface area contributed by atoms with Crippen molar-refractivity contribution in [2.45, 2.75) is 13.8 Å². The predicted octanol–water partition coefficient (Wildman–Crippen LogP) is 4.57. The minimum Gasteiger partial charge on any atom is -0.483 e. The van der Waals surface area contributed by atoms with Crippen molar-refractivity contribution in [1.29, 1.82) is 0 Å². The zero-order valence-electron chi connectivity index (χ0n) is 15.9. The van der Waals surface area contributed by atoms with Crippen LogP contribution in [0.2, 0.25) is 0 Å². The van der Waals surface area contributed by atoms with Crippen LogP contribution < -0.4 is 15.4 Å². The molecule has 2 N–H and O–H groups in total. The summed E-state index contributed by atoms with van der Waals surface area (Å²) in [6.45, 7) is 3.86. The molecule has 142 valence electrons. The summed E-state index contributed by atoms with van der Waals surface area (Å²) in [6, 6.07) is 21.8. The Balaban J connectivity index is 1.57. The maximum atomic E-state index is 12.2. The third kappa shape index (κ3) is 5.20. The summed E-state index contributed by atoms with van der Waals surface area (Å²) in [7, 11) is 0. The maximum absolute atomic E-state index is 12.2. The summed E-state index contributed by atoms with van der Waals surface area (Å²) in [4.78, 5) is 24.4. The first-order chi connectivity index (χ1) is 13.5. The van der Waals surface area contributed by atoms with E-state index >= 15 is 0 Å². The van der Waals surface area contributed by atoms with Crippen LogP contribution in [0.4, 0.5) is 11.4 Å². The second-order valence-electron chi connectivity index (χ2n) is 6.51. The van der Waals surface area contributed by atoms with E-state index in [0.29, 0.717) is 22.7 Å². The SMILES string of the molecule is Cc1ccc(OCC(=O)Nc2cccc(NC(=O)c3ccccc3)c2)c(C)c1. The lowest BCUT2D eigenvalue weighted by Crippen LogP contribution is -2.20. The van der Waals surface area contributed by atoms with Crippen LogP contribution >= 0.6 is 0 Å². The molecule has 5 heteroatoms. The van der Waals surface area contributed by atoms with Crippen molar-refractivity contribution in [1.82, 2.24) is 0 Å². The zero-order valence-corrected chi connectivity index (χ0v) is 15.9. The fourth-order valence-corrected chi connectivity index (χ4v) is 2.77. The highest BCUT2D eigenvalue weighted by atomic mass is 16.5. The Hall–Kier alpha value is -3.60. The van der Waals surface area contributed by atoms with Gasteiger partial charge in [-0.3, -0.25) is 9.59 Å². The summed E-state index contributed by atoms with van der Waals surface area (Å²) < 4.78 is 5.60. The van der Waals surface area contributed by atoms with Gasteiger partial charge in [0, 0.05) is 16.9 Å². The monoisotopic (exact) mass is 374 g/mol. The predicted molar refractivity (Wildman–Crippen MR) is 111 cm³/mol. The van der Waals surface area contributed by atoms with Crippen LogP contribution in [0.25, 0.3) is 0 Å². The zero-order chi connectivity index (χ0) is 19.9. The minimum atomic E-state index is -0.272. The van der Waals surface area contributed by atoms with Gasteiger partial charge in [-0.15, -0.1) is 0 Å². The summed E-state index contributed by atoms with van der Waals surface area (Å²) in [5.41, 5.74) is 3.88. The molecule has 0 aliphatic carbocycles. The van der Waals surface area contributed by atoms with Crippen molar-refractivity contribution < 1.29 is 14.3 Å². The number of carbonyl (C=O) groups excluding carboxylic acids is 2. The van der Waals surface area contributed by atoms with E-state index in [2.05, 4.69) is 10.6 Å². The smallest absolute Gasteiger partial charge is 0.262 e. The molecule has 0 spiro atoms. The molecule has 5 nitrogen and oxygen atoms in total. The average Bonchev–Trinajstić information content (AvgIpc) is 2.68. The number of hydrogen-bond acceptors (Lipinski definition) is 3. The van der Waals surface area contributed by atoms with Crippen molar-refractivity contribution in [3.63, 3.8) is 0 Å². The molecule has 3 rings (SSSR count). The number of carbonyl (C=O) groups is 2. The normalized spacial score (nSPS) is 10.2. The third-order valence-electron chi connectivity index (χ3n) is 4.13. The van der Waals surface area contributed by atoms with Gasteiger partial charge in [-0.1, -0.05) is 42.0 Å². The number of nitrogens with one attached hydrogen (secondary N) is 2. The average molecular weight is 374 g/mol. The van der Waals surface area contributed by atoms with Gasteiger partial charge in [0.05, 0.1) is 0 Å². The van der Waals surface area contributed by atoms with Gasteiger partial charge in [-0.2, -0.15) is 0 Å². The van der Waals surface area contributed by atoms with Gasteiger partial charge in [0.25, 0.3) is 11.8 Å². The van der Waals surface area contributed by atoms with E-state index in [9.17, 15) is 9.59 Å². The van der Waals surface area contributed by atoms with Gasteiger partial charge in [0.2, 0.25) is 0 Å². The molecule has 2 amide bonds. The Bertz CT molecular complexity index is 984. The van der Waals surface area contributed by atoms with Crippen molar-refractivity contribution in [3.8, 4) is 5.75 Å². The quantitative estimate of drug-likeness (QED) is 0.664. The van der Waals surface area contributed by atoms with Gasteiger partial charge < -0.3 is 15.4 Å². The Morgan fingerprint density at radius 2 is 1.54 bits per heavy atom. The molecule has 0 aliphatic rings. The van der Waals surface area contributed by atoms with Gasteiger partial charge >= 0.3 is 0 Å². The second-order valence-corrected chi connectivity index (χ2v) is 6.51.